The van der Waals surface area contributed by atoms with Crippen LogP contribution < -0.4 is 10.1 Å². The number of benzene rings is 1. The Bertz CT molecular complexity index is 636. The van der Waals surface area contributed by atoms with Crippen molar-refractivity contribution in [2.75, 3.05) is 5.32 Å². The number of pyridine rings is 1. The monoisotopic (exact) mass is 275 g/mol. The SMILES string of the molecule is Cc1ccnc(Nc2ccc(OC(F)F)cc2)c1C#N. The molecule has 20 heavy (non-hydrogen) atoms. The topological polar surface area (TPSA) is 57.9 Å². The molecule has 0 atom stereocenters. The van der Waals surface area contributed by atoms with Crippen LogP contribution in [-0.4, -0.2) is 11.6 Å². The molecule has 0 saturated heterocycles. The molecule has 1 N–H and O–H groups in total. The van der Waals surface area contributed by atoms with Crippen molar-refractivity contribution in [3.8, 4) is 11.8 Å². The lowest BCUT2D eigenvalue weighted by Crippen LogP contribution is -2.02. The van der Waals surface area contributed by atoms with Gasteiger partial charge in [0.1, 0.15) is 17.6 Å². The summed E-state index contributed by atoms with van der Waals surface area (Å²) in [4.78, 5) is 4.09. The van der Waals surface area contributed by atoms with Crippen molar-refractivity contribution in [3.05, 3.63) is 47.7 Å². The molecule has 0 aliphatic carbocycles. The van der Waals surface area contributed by atoms with Gasteiger partial charge in [0.05, 0.1) is 5.56 Å². The van der Waals surface area contributed by atoms with Crippen molar-refractivity contribution in [1.29, 1.82) is 5.26 Å². The summed E-state index contributed by atoms with van der Waals surface area (Å²) in [5.41, 5.74) is 1.88. The van der Waals surface area contributed by atoms with Crippen LogP contribution in [0, 0.1) is 18.3 Å². The van der Waals surface area contributed by atoms with Crippen molar-refractivity contribution in [2.45, 2.75) is 13.5 Å². The van der Waals surface area contributed by atoms with Gasteiger partial charge in [0.15, 0.2) is 0 Å². The molecule has 0 unspecified atom stereocenters. The minimum atomic E-state index is -2.85. The van der Waals surface area contributed by atoms with E-state index < -0.39 is 6.61 Å². The molecular formula is C14H11F2N3O. The molecule has 102 valence electrons. The molecule has 0 aliphatic heterocycles. The van der Waals surface area contributed by atoms with Crippen LogP contribution in [0.15, 0.2) is 36.5 Å². The van der Waals surface area contributed by atoms with E-state index in [2.05, 4.69) is 21.1 Å². The molecule has 0 radical (unpaired) electrons. The Morgan fingerprint density at radius 2 is 1.95 bits per heavy atom. The maximum Gasteiger partial charge on any atom is 0.387 e. The summed E-state index contributed by atoms with van der Waals surface area (Å²) >= 11 is 0. The van der Waals surface area contributed by atoms with Gasteiger partial charge in [-0.3, -0.25) is 0 Å². The number of anilines is 2. The predicted octanol–water partition coefficient (Wildman–Crippen LogP) is 3.61. The quantitative estimate of drug-likeness (QED) is 0.926. The Labute approximate surface area is 114 Å². The average Bonchev–Trinajstić information content (AvgIpc) is 2.41. The molecule has 0 saturated carbocycles. The summed E-state index contributed by atoms with van der Waals surface area (Å²) < 4.78 is 28.3. The minimum Gasteiger partial charge on any atom is -0.435 e. The van der Waals surface area contributed by atoms with Crippen LogP contribution >= 0.6 is 0 Å². The van der Waals surface area contributed by atoms with E-state index in [4.69, 9.17) is 5.26 Å². The largest absolute Gasteiger partial charge is 0.435 e. The van der Waals surface area contributed by atoms with Crippen molar-refractivity contribution >= 4 is 11.5 Å². The van der Waals surface area contributed by atoms with Gasteiger partial charge < -0.3 is 10.1 Å². The van der Waals surface area contributed by atoms with Gasteiger partial charge in [-0.2, -0.15) is 14.0 Å². The highest BCUT2D eigenvalue weighted by Gasteiger charge is 2.07. The molecule has 1 aromatic carbocycles. The van der Waals surface area contributed by atoms with Crippen LogP contribution in [0.25, 0.3) is 0 Å². The summed E-state index contributed by atoms with van der Waals surface area (Å²) in [7, 11) is 0. The highest BCUT2D eigenvalue weighted by atomic mass is 19.3. The summed E-state index contributed by atoms with van der Waals surface area (Å²) in [6, 6.07) is 9.78. The number of hydrogen-bond donors (Lipinski definition) is 1. The van der Waals surface area contributed by atoms with Crippen molar-refractivity contribution in [2.24, 2.45) is 0 Å². The third kappa shape index (κ3) is 3.20. The third-order valence-electron chi connectivity index (χ3n) is 2.61. The van der Waals surface area contributed by atoms with Crippen LogP contribution in [0.1, 0.15) is 11.1 Å². The molecule has 0 aliphatic rings. The Hall–Kier alpha value is -2.68. The second-order valence-electron chi connectivity index (χ2n) is 3.99. The third-order valence-corrected chi connectivity index (χ3v) is 2.61. The first kappa shape index (κ1) is 13.7. The molecule has 0 amide bonds. The van der Waals surface area contributed by atoms with E-state index in [1.54, 1.807) is 24.4 Å². The van der Waals surface area contributed by atoms with Crippen molar-refractivity contribution in [3.63, 3.8) is 0 Å². The molecule has 1 heterocycles. The lowest BCUT2D eigenvalue weighted by Gasteiger charge is -2.09. The molecule has 0 spiro atoms. The fourth-order valence-corrected chi connectivity index (χ4v) is 1.65. The van der Waals surface area contributed by atoms with Gasteiger partial charge in [0.25, 0.3) is 0 Å². The molecular weight excluding hydrogens is 264 g/mol. The molecule has 2 aromatic rings. The highest BCUT2D eigenvalue weighted by molar-refractivity contribution is 5.64. The summed E-state index contributed by atoms with van der Waals surface area (Å²) in [6.45, 7) is -1.04. The number of nitrogens with one attached hydrogen (secondary N) is 1. The van der Waals surface area contributed by atoms with Gasteiger partial charge in [-0.05, 0) is 42.8 Å². The number of nitriles is 1. The van der Waals surface area contributed by atoms with E-state index in [1.807, 2.05) is 6.92 Å². The van der Waals surface area contributed by atoms with Gasteiger partial charge in [-0.25, -0.2) is 4.98 Å². The van der Waals surface area contributed by atoms with Gasteiger partial charge in [-0.15, -0.1) is 0 Å². The minimum absolute atomic E-state index is 0.0725. The van der Waals surface area contributed by atoms with E-state index in [9.17, 15) is 8.78 Å². The first-order chi connectivity index (χ1) is 9.60. The molecule has 1 aromatic heterocycles. The standard InChI is InChI=1S/C14H11F2N3O/c1-9-6-7-18-13(12(9)8-17)19-10-2-4-11(5-3-10)20-14(15)16/h2-7,14H,1H3,(H,18,19). The van der Waals surface area contributed by atoms with E-state index in [1.165, 1.54) is 12.1 Å². The van der Waals surface area contributed by atoms with E-state index in [-0.39, 0.29) is 5.75 Å². The normalized spacial score (nSPS) is 10.2. The van der Waals surface area contributed by atoms with Gasteiger partial charge in [0.2, 0.25) is 0 Å². The Morgan fingerprint density at radius 3 is 2.55 bits per heavy atom. The number of ether oxygens (including phenoxy) is 1. The Balaban J connectivity index is 2.19. The fourth-order valence-electron chi connectivity index (χ4n) is 1.65. The van der Waals surface area contributed by atoms with Gasteiger partial charge in [-0.1, -0.05) is 0 Å². The average molecular weight is 275 g/mol. The number of alkyl halides is 2. The lowest BCUT2D eigenvalue weighted by atomic mass is 10.1. The number of hydrogen-bond acceptors (Lipinski definition) is 4. The van der Waals surface area contributed by atoms with Crippen LogP contribution in [0.4, 0.5) is 20.3 Å². The second-order valence-corrected chi connectivity index (χ2v) is 3.99. The van der Waals surface area contributed by atoms with Crippen molar-refractivity contribution < 1.29 is 13.5 Å². The zero-order chi connectivity index (χ0) is 14.5. The smallest absolute Gasteiger partial charge is 0.387 e. The highest BCUT2D eigenvalue weighted by Crippen LogP contribution is 2.23. The first-order valence-electron chi connectivity index (χ1n) is 5.78. The Morgan fingerprint density at radius 1 is 1.25 bits per heavy atom. The maximum atomic E-state index is 12.0. The van der Waals surface area contributed by atoms with Crippen LogP contribution in [0.3, 0.4) is 0 Å². The zero-order valence-corrected chi connectivity index (χ0v) is 10.6. The fraction of sp³-hybridized carbons (Fsp3) is 0.143. The molecule has 0 fully saturated rings. The van der Waals surface area contributed by atoms with E-state index >= 15 is 0 Å². The molecule has 4 nitrogen and oxygen atoms in total. The zero-order valence-electron chi connectivity index (χ0n) is 10.6. The number of aryl methyl sites for hydroxylation is 1. The number of halogens is 2. The number of nitrogens with zero attached hydrogens (tertiary/aromatic N) is 2. The second kappa shape index (κ2) is 5.97. The lowest BCUT2D eigenvalue weighted by molar-refractivity contribution is -0.0498. The Kier molecular flexibility index (Phi) is 4.11. The van der Waals surface area contributed by atoms with Crippen LogP contribution in [-0.2, 0) is 0 Å². The van der Waals surface area contributed by atoms with Crippen LogP contribution in [0.2, 0.25) is 0 Å². The van der Waals surface area contributed by atoms with E-state index in [0.29, 0.717) is 17.1 Å². The predicted molar refractivity (Wildman–Crippen MR) is 70.0 cm³/mol. The van der Waals surface area contributed by atoms with E-state index in [0.717, 1.165) is 5.56 Å². The van der Waals surface area contributed by atoms with Gasteiger partial charge >= 0.3 is 6.61 Å². The summed E-state index contributed by atoms with van der Waals surface area (Å²) in [6.07, 6.45) is 1.59. The first-order valence-corrected chi connectivity index (χ1v) is 5.78. The molecule has 0 bridgehead atoms. The summed E-state index contributed by atoms with van der Waals surface area (Å²) in [5.74, 6) is 0.498. The number of aromatic nitrogens is 1. The molecule has 2 rings (SSSR count). The maximum absolute atomic E-state index is 12.0. The summed E-state index contributed by atoms with van der Waals surface area (Å²) in [5, 5.41) is 12.1. The number of rotatable bonds is 4. The van der Waals surface area contributed by atoms with Crippen molar-refractivity contribution in [1.82, 2.24) is 4.98 Å². The van der Waals surface area contributed by atoms with Crippen LogP contribution in [0.5, 0.6) is 5.75 Å². The van der Waals surface area contributed by atoms with Gasteiger partial charge in [0, 0.05) is 11.9 Å². The molecule has 6 heteroatoms.